The summed E-state index contributed by atoms with van der Waals surface area (Å²) in [5.74, 6) is -0.371. The van der Waals surface area contributed by atoms with E-state index in [0.717, 1.165) is 16.3 Å². The van der Waals surface area contributed by atoms with E-state index in [2.05, 4.69) is 15.6 Å². The fourth-order valence-electron chi connectivity index (χ4n) is 1.78. The number of hydrogen-bond acceptors (Lipinski definition) is 4. The lowest BCUT2D eigenvalue weighted by Gasteiger charge is -2.17. The second-order valence-corrected chi connectivity index (χ2v) is 7.08. The van der Waals surface area contributed by atoms with E-state index in [-0.39, 0.29) is 18.4 Å². The molecule has 2 aromatic rings. The predicted octanol–water partition coefficient (Wildman–Crippen LogP) is 2.59. The number of carbonyl (C=O) groups is 2. The zero-order valence-corrected chi connectivity index (χ0v) is 14.4. The number of rotatable bonds is 5. The molecular weight excluding hydrogens is 310 g/mol. The third kappa shape index (κ3) is 5.17. The summed E-state index contributed by atoms with van der Waals surface area (Å²) < 4.78 is 0. The van der Waals surface area contributed by atoms with E-state index in [9.17, 15) is 9.59 Å². The van der Waals surface area contributed by atoms with Crippen LogP contribution in [0.3, 0.4) is 0 Å². The first-order valence-corrected chi connectivity index (χ1v) is 8.29. The highest BCUT2D eigenvalue weighted by atomic mass is 32.1. The van der Waals surface area contributed by atoms with Crippen LogP contribution in [0.5, 0.6) is 0 Å². The van der Waals surface area contributed by atoms with Crippen molar-refractivity contribution < 1.29 is 9.59 Å². The van der Waals surface area contributed by atoms with Crippen molar-refractivity contribution in [3.8, 4) is 10.6 Å². The summed E-state index contributed by atoms with van der Waals surface area (Å²) in [5, 5.41) is 8.24. The first kappa shape index (κ1) is 17.1. The van der Waals surface area contributed by atoms with E-state index in [1.165, 1.54) is 0 Å². The molecule has 2 amide bonds. The Hall–Kier alpha value is -2.21. The SMILES string of the molecule is CC(C)(C)C(=O)NCC(=O)NCc1csc(-c2ccccc2)n1. The van der Waals surface area contributed by atoms with Crippen molar-refractivity contribution in [2.45, 2.75) is 27.3 Å². The number of nitrogens with one attached hydrogen (secondary N) is 2. The Morgan fingerprint density at radius 2 is 1.83 bits per heavy atom. The third-order valence-corrected chi connectivity index (χ3v) is 4.07. The number of aromatic nitrogens is 1. The van der Waals surface area contributed by atoms with Crippen LogP contribution in [0.15, 0.2) is 35.7 Å². The lowest BCUT2D eigenvalue weighted by molar-refractivity contribution is -0.131. The zero-order chi connectivity index (χ0) is 16.9. The van der Waals surface area contributed by atoms with Gasteiger partial charge in [0.1, 0.15) is 5.01 Å². The van der Waals surface area contributed by atoms with Crippen molar-refractivity contribution in [2.75, 3.05) is 6.54 Å². The summed E-state index contributed by atoms with van der Waals surface area (Å²) in [6.45, 7) is 5.75. The highest BCUT2D eigenvalue weighted by Gasteiger charge is 2.21. The fourth-order valence-corrected chi connectivity index (χ4v) is 2.60. The Morgan fingerprint density at radius 3 is 2.48 bits per heavy atom. The summed E-state index contributed by atoms with van der Waals surface area (Å²) in [5.41, 5.74) is 1.37. The molecule has 1 aromatic carbocycles. The Balaban J connectivity index is 1.81. The van der Waals surface area contributed by atoms with Crippen molar-refractivity contribution in [3.63, 3.8) is 0 Å². The highest BCUT2D eigenvalue weighted by Crippen LogP contribution is 2.23. The van der Waals surface area contributed by atoms with Crippen molar-refractivity contribution in [1.29, 1.82) is 0 Å². The Kier molecular flexibility index (Phi) is 5.50. The van der Waals surface area contributed by atoms with Gasteiger partial charge in [-0.2, -0.15) is 0 Å². The highest BCUT2D eigenvalue weighted by molar-refractivity contribution is 7.13. The van der Waals surface area contributed by atoms with Gasteiger partial charge >= 0.3 is 0 Å². The minimum absolute atomic E-state index is 0.0220. The quantitative estimate of drug-likeness (QED) is 0.884. The van der Waals surface area contributed by atoms with E-state index in [4.69, 9.17) is 0 Å². The number of hydrogen-bond donors (Lipinski definition) is 2. The number of thiazole rings is 1. The average Bonchev–Trinajstić information content (AvgIpc) is 2.99. The standard InChI is InChI=1S/C17H21N3O2S/c1-17(2,3)16(22)19-10-14(21)18-9-13-11-23-15(20-13)12-7-5-4-6-8-12/h4-8,11H,9-10H2,1-3H3,(H,18,21)(H,19,22). The van der Waals surface area contributed by atoms with Crippen LogP contribution in [0, 0.1) is 5.41 Å². The Labute approximate surface area is 140 Å². The van der Waals surface area contributed by atoms with Gasteiger partial charge < -0.3 is 10.6 Å². The maximum atomic E-state index is 11.8. The number of nitrogens with zero attached hydrogens (tertiary/aromatic N) is 1. The van der Waals surface area contributed by atoms with Gasteiger partial charge in [0.2, 0.25) is 11.8 Å². The zero-order valence-electron chi connectivity index (χ0n) is 13.6. The van der Waals surface area contributed by atoms with Crippen molar-refractivity contribution >= 4 is 23.2 Å². The molecule has 0 aliphatic heterocycles. The lowest BCUT2D eigenvalue weighted by Crippen LogP contribution is -2.41. The number of amides is 2. The molecule has 0 aliphatic rings. The molecule has 2 N–H and O–H groups in total. The smallest absolute Gasteiger partial charge is 0.239 e. The maximum absolute atomic E-state index is 11.8. The molecule has 1 aromatic heterocycles. The molecule has 5 nitrogen and oxygen atoms in total. The van der Waals surface area contributed by atoms with Gasteiger partial charge in [0.05, 0.1) is 18.8 Å². The van der Waals surface area contributed by atoms with Gasteiger partial charge in [0.15, 0.2) is 0 Å². The molecule has 122 valence electrons. The van der Waals surface area contributed by atoms with Gasteiger partial charge in [-0.25, -0.2) is 4.98 Å². The Bertz CT molecular complexity index is 675. The Morgan fingerprint density at radius 1 is 1.13 bits per heavy atom. The number of benzene rings is 1. The molecule has 1 heterocycles. The minimum Gasteiger partial charge on any atom is -0.349 e. The summed E-state index contributed by atoms with van der Waals surface area (Å²) in [7, 11) is 0. The van der Waals surface area contributed by atoms with Crippen LogP contribution in [0.1, 0.15) is 26.5 Å². The molecule has 0 atom stereocenters. The normalized spacial score (nSPS) is 11.1. The average molecular weight is 331 g/mol. The molecule has 23 heavy (non-hydrogen) atoms. The third-order valence-electron chi connectivity index (χ3n) is 3.13. The van der Waals surface area contributed by atoms with Crippen LogP contribution in [-0.4, -0.2) is 23.3 Å². The van der Waals surface area contributed by atoms with Crippen LogP contribution in [-0.2, 0) is 16.1 Å². The first-order chi connectivity index (χ1) is 10.9. The second kappa shape index (κ2) is 7.37. The van der Waals surface area contributed by atoms with Crippen LogP contribution >= 0.6 is 11.3 Å². The van der Waals surface area contributed by atoms with E-state index in [1.54, 1.807) is 32.1 Å². The largest absolute Gasteiger partial charge is 0.349 e. The van der Waals surface area contributed by atoms with Crippen molar-refractivity contribution in [2.24, 2.45) is 5.41 Å². The molecule has 0 bridgehead atoms. The molecule has 0 saturated heterocycles. The molecule has 0 unspecified atom stereocenters. The van der Waals surface area contributed by atoms with Crippen LogP contribution in [0.2, 0.25) is 0 Å². The molecule has 6 heteroatoms. The summed E-state index contributed by atoms with van der Waals surface area (Å²) in [6.07, 6.45) is 0. The van der Waals surface area contributed by atoms with E-state index in [1.807, 2.05) is 35.7 Å². The molecule has 0 aliphatic carbocycles. The topological polar surface area (TPSA) is 71.1 Å². The second-order valence-electron chi connectivity index (χ2n) is 6.22. The molecule has 0 spiro atoms. The van der Waals surface area contributed by atoms with Gasteiger partial charge in [0, 0.05) is 16.4 Å². The fraction of sp³-hybridized carbons (Fsp3) is 0.353. The molecule has 2 rings (SSSR count). The predicted molar refractivity (Wildman–Crippen MR) is 91.9 cm³/mol. The summed E-state index contributed by atoms with van der Waals surface area (Å²) in [6, 6.07) is 9.91. The molecule has 0 saturated carbocycles. The van der Waals surface area contributed by atoms with Gasteiger partial charge in [0.25, 0.3) is 0 Å². The molecule has 0 fully saturated rings. The van der Waals surface area contributed by atoms with Crippen LogP contribution < -0.4 is 10.6 Å². The lowest BCUT2D eigenvalue weighted by atomic mass is 9.96. The minimum atomic E-state index is -0.500. The van der Waals surface area contributed by atoms with E-state index in [0.29, 0.717) is 6.54 Å². The molecule has 0 radical (unpaired) electrons. The van der Waals surface area contributed by atoms with E-state index < -0.39 is 5.41 Å². The molecular formula is C17H21N3O2S. The maximum Gasteiger partial charge on any atom is 0.239 e. The van der Waals surface area contributed by atoms with Gasteiger partial charge in [-0.3, -0.25) is 9.59 Å². The monoisotopic (exact) mass is 331 g/mol. The van der Waals surface area contributed by atoms with Crippen LogP contribution in [0.4, 0.5) is 0 Å². The summed E-state index contributed by atoms with van der Waals surface area (Å²) in [4.78, 5) is 28.0. The van der Waals surface area contributed by atoms with Crippen LogP contribution in [0.25, 0.3) is 10.6 Å². The number of carbonyl (C=O) groups excluding carboxylic acids is 2. The van der Waals surface area contributed by atoms with Crippen molar-refractivity contribution in [3.05, 3.63) is 41.4 Å². The van der Waals surface area contributed by atoms with E-state index >= 15 is 0 Å². The van der Waals surface area contributed by atoms with Crippen molar-refractivity contribution in [1.82, 2.24) is 15.6 Å². The van der Waals surface area contributed by atoms with Gasteiger partial charge in [-0.1, -0.05) is 51.1 Å². The van der Waals surface area contributed by atoms with Gasteiger partial charge in [-0.05, 0) is 0 Å². The first-order valence-electron chi connectivity index (χ1n) is 7.41. The summed E-state index contributed by atoms with van der Waals surface area (Å²) >= 11 is 1.54. The van der Waals surface area contributed by atoms with Gasteiger partial charge in [-0.15, -0.1) is 11.3 Å².